The van der Waals surface area contributed by atoms with Gasteiger partial charge < -0.3 is 30.3 Å². The van der Waals surface area contributed by atoms with E-state index in [1.165, 1.54) is 10.7 Å². The maximum Gasteiger partial charge on any atom is 0.335 e. The molecule has 1 aromatic heterocycles. The fraction of sp³-hybridized carbons (Fsp3) is 0.438. The van der Waals surface area contributed by atoms with Crippen LogP contribution in [0.15, 0.2) is 24.4 Å². The number of aromatic nitrogens is 3. The van der Waals surface area contributed by atoms with Crippen molar-refractivity contribution in [1.29, 1.82) is 0 Å². The van der Waals surface area contributed by atoms with Crippen LogP contribution in [0.3, 0.4) is 0 Å². The monoisotopic (exact) mass is 365 g/mol. The Hall–Kier alpha value is -2.37. The number of hydrogen-bond acceptors (Lipinski definition) is 8. The zero-order valence-corrected chi connectivity index (χ0v) is 13.8. The van der Waals surface area contributed by atoms with E-state index in [0.29, 0.717) is 16.8 Å². The molecule has 1 saturated heterocycles. The average Bonchev–Trinajstić information content (AvgIpc) is 3.06. The summed E-state index contributed by atoms with van der Waals surface area (Å²) < 4.78 is 6.46. The molecule has 0 spiro atoms. The Bertz CT molecular complexity index is 809. The highest BCUT2D eigenvalue weighted by molar-refractivity contribution is 5.90. The lowest BCUT2D eigenvalue weighted by Gasteiger charge is -2.38. The molecule has 1 aromatic carbocycles. The summed E-state index contributed by atoms with van der Waals surface area (Å²) in [5, 5.41) is 55.7. The molecule has 1 unspecified atom stereocenters. The maximum absolute atomic E-state index is 11.1. The molecule has 140 valence electrons. The van der Waals surface area contributed by atoms with Crippen molar-refractivity contribution >= 4 is 5.97 Å². The van der Waals surface area contributed by atoms with Crippen LogP contribution in [0.25, 0.3) is 11.3 Å². The zero-order chi connectivity index (χ0) is 19.0. The number of carbonyl (C=O) groups is 1. The van der Waals surface area contributed by atoms with Crippen LogP contribution in [0.1, 0.15) is 15.9 Å². The molecule has 0 radical (unpaired) electrons. The van der Waals surface area contributed by atoms with E-state index < -0.39 is 36.7 Å². The van der Waals surface area contributed by atoms with Gasteiger partial charge in [0.2, 0.25) is 0 Å². The molecule has 1 aliphatic rings. The molecule has 10 nitrogen and oxygen atoms in total. The molecular weight excluding hydrogens is 346 g/mol. The Balaban J connectivity index is 1.76. The third kappa shape index (κ3) is 3.45. The van der Waals surface area contributed by atoms with E-state index in [0.717, 1.165) is 0 Å². The van der Waals surface area contributed by atoms with Gasteiger partial charge in [0.05, 0.1) is 18.3 Å². The average molecular weight is 365 g/mol. The van der Waals surface area contributed by atoms with E-state index in [-0.39, 0.29) is 12.1 Å². The van der Waals surface area contributed by atoms with Crippen LogP contribution in [0.5, 0.6) is 0 Å². The molecule has 0 amide bonds. The Morgan fingerprint density at radius 2 is 1.92 bits per heavy atom. The normalized spacial score (nSPS) is 28.9. The van der Waals surface area contributed by atoms with Gasteiger partial charge in [-0.05, 0) is 24.6 Å². The van der Waals surface area contributed by atoms with Gasteiger partial charge in [0, 0.05) is 5.56 Å². The van der Waals surface area contributed by atoms with Gasteiger partial charge >= 0.3 is 5.97 Å². The molecule has 2 heterocycles. The van der Waals surface area contributed by atoms with Crippen LogP contribution < -0.4 is 0 Å². The quantitative estimate of drug-likeness (QED) is 0.446. The number of aliphatic hydroxyl groups excluding tert-OH is 4. The van der Waals surface area contributed by atoms with Crippen LogP contribution in [-0.4, -0.2) is 77.2 Å². The second-order valence-electron chi connectivity index (χ2n) is 6.20. The lowest BCUT2D eigenvalue weighted by molar-refractivity contribution is -0.284. The Morgan fingerprint density at radius 1 is 1.19 bits per heavy atom. The van der Waals surface area contributed by atoms with Gasteiger partial charge in [-0.1, -0.05) is 11.3 Å². The van der Waals surface area contributed by atoms with Gasteiger partial charge in [-0.15, -0.1) is 5.10 Å². The van der Waals surface area contributed by atoms with Crippen molar-refractivity contribution in [3.05, 3.63) is 35.5 Å². The summed E-state index contributed by atoms with van der Waals surface area (Å²) in [6, 6.07) is 4.77. The minimum Gasteiger partial charge on any atom is -0.478 e. The number of benzene rings is 1. The predicted molar refractivity (Wildman–Crippen MR) is 86.1 cm³/mol. The van der Waals surface area contributed by atoms with Gasteiger partial charge in [-0.3, -0.25) is 0 Å². The number of aliphatic hydroxyl groups is 4. The van der Waals surface area contributed by atoms with Gasteiger partial charge in [-0.2, -0.15) is 0 Å². The van der Waals surface area contributed by atoms with E-state index in [2.05, 4.69) is 10.3 Å². The lowest BCUT2D eigenvalue weighted by Crippen LogP contribution is -2.58. The SMILES string of the molecule is Cc1cc(-c2cn(C[C@H]3OC(O)[C@H](O)[C@@H](O)[C@@H]3O)nn2)ccc1C(=O)O. The summed E-state index contributed by atoms with van der Waals surface area (Å²) in [5.74, 6) is -1.01. The number of rotatable bonds is 4. The van der Waals surface area contributed by atoms with Crippen molar-refractivity contribution in [3.63, 3.8) is 0 Å². The van der Waals surface area contributed by atoms with Gasteiger partial charge in [0.1, 0.15) is 30.1 Å². The summed E-state index contributed by atoms with van der Waals surface area (Å²) in [6.07, 6.45) is -5.59. The standard InChI is InChI=1S/C16H19N3O7/c1-7-4-8(2-3-9(7)15(23)24)10-5-19(18-17-10)6-11-12(20)13(21)14(22)16(25)26-11/h2-5,11-14,16,20-22,25H,6H2,1H3,(H,23,24)/t11-,12-,13+,14-,16?/m1/s1. The topological polar surface area (TPSA) is 158 Å². The van der Waals surface area contributed by atoms with Gasteiger partial charge in [-0.25, -0.2) is 9.48 Å². The maximum atomic E-state index is 11.1. The first kappa shape index (κ1) is 18.4. The molecular formula is C16H19N3O7. The Kier molecular flexibility index (Phi) is 5.03. The van der Waals surface area contributed by atoms with E-state index in [4.69, 9.17) is 9.84 Å². The molecule has 0 saturated carbocycles. The van der Waals surface area contributed by atoms with Crippen LogP contribution in [0.2, 0.25) is 0 Å². The third-order valence-corrected chi connectivity index (χ3v) is 4.35. The molecule has 2 aromatic rings. The van der Waals surface area contributed by atoms with Crippen molar-refractivity contribution < 1.29 is 35.1 Å². The molecule has 10 heteroatoms. The second kappa shape index (κ2) is 7.09. The fourth-order valence-electron chi connectivity index (χ4n) is 2.85. The third-order valence-electron chi connectivity index (χ3n) is 4.35. The van der Waals surface area contributed by atoms with Crippen molar-refractivity contribution in [2.45, 2.75) is 44.2 Å². The van der Waals surface area contributed by atoms with Crippen molar-refractivity contribution in [1.82, 2.24) is 15.0 Å². The van der Waals surface area contributed by atoms with E-state index in [1.54, 1.807) is 25.3 Å². The minimum atomic E-state index is -1.62. The minimum absolute atomic E-state index is 0.0127. The van der Waals surface area contributed by atoms with Crippen LogP contribution >= 0.6 is 0 Å². The number of carboxylic acid groups (broad SMARTS) is 1. The number of aromatic carboxylic acids is 1. The van der Waals surface area contributed by atoms with Crippen molar-refractivity contribution in [3.8, 4) is 11.3 Å². The number of nitrogens with zero attached hydrogens (tertiary/aromatic N) is 3. The summed E-state index contributed by atoms with van der Waals surface area (Å²) in [5.41, 5.74) is 1.92. The highest BCUT2D eigenvalue weighted by Crippen LogP contribution is 2.23. The van der Waals surface area contributed by atoms with E-state index in [1.807, 2.05) is 0 Å². The first-order valence-corrected chi connectivity index (χ1v) is 7.90. The summed E-state index contributed by atoms with van der Waals surface area (Å²) in [4.78, 5) is 11.1. The lowest BCUT2D eigenvalue weighted by atomic mass is 9.99. The predicted octanol–water partition coefficient (Wildman–Crippen LogP) is -1.25. The Morgan fingerprint density at radius 3 is 2.58 bits per heavy atom. The summed E-state index contributed by atoms with van der Waals surface area (Å²) in [6.45, 7) is 1.67. The second-order valence-corrected chi connectivity index (χ2v) is 6.20. The first-order valence-electron chi connectivity index (χ1n) is 7.90. The fourth-order valence-corrected chi connectivity index (χ4v) is 2.85. The van der Waals surface area contributed by atoms with Crippen LogP contribution in [0, 0.1) is 6.92 Å². The number of carboxylic acids is 1. The molecule has 26 heavy (non-hydrogen) atoms. The van der Waals surface area contributed by atoms with Crippen molar-refractivity contribution in [2.24, 2.45) is 0 Å². The van der Waals surface area contributed by atoms with Gasteiger partial charge in [0.15, 0.2) is 6.29 Å². The largest absolute Gasteiger partial charge is 0.478 e. The summed E-state index contributed by atoms with van der Waals surface area (Å²) >= 11 is 0. The van der Waals surface area contributed by atoms with E-state index in [9.17, 15) is 25.2 Å². The molecule has 1 fully saturated rings. The highest BCUT2D eigenvalue weighted by atomic mass is 16.6. The van der Waals surface area contributed by atoms with Crippen LogP contribution in [0.4, 0.5) is 0 Å². The number of aryl methyl sites for hydroxylation is 1. The molecule has 5 N–H and O–H groups in total. The molecule has 5 atom stereocenters. The molecule has 1 aliphatic heterocycles. The van der Waals surface area contributed by atoms with Crippen molar-refractivity contribution in [2.75, 3.05) is 0 Å². The molecule has 3 rings (SSSR count). The molecule has 0 bridgehead atoms. The Labute approximate surface area is 147 Å². The number of ether oxygens (including phenoxy) is 1. The number of hydrogen-bond donors (Lipinski definition) is 5. The smallest absolute Gasteiger partial charge is 0.335 e. The first-order chi connectivity index (χ1) is 12.3. The van der Waals surface area contributed by atoms with Crippen LogP contribution in [-0.2, 0) is 11.3 Å². The van der Waals surface area contributed by atoms with E-state index >= 15 is 0 Å². The highest BCUT2D eigenvalue weighted by Gasteiger charge is 2.43. The summed E-state index contributed by atoms with van der Waals surface area (Å²) in [7, 11) is 0. The molecule has 0 aliphatic carbocycles. The van der Waals surface area contributed by atoms with Gasteiger partial charge in [0.25, 0.3) is 0 Å². The zero-order valence-electron chi connectivity index (χ0n) is 13.8.